The maximum absolute atomic E-state index is 11.6. The summed E-state index contributed by atoms with van der Waals surface area (Å²) in [5.74, 6) is 1.67. The normalized spacial score (nSPS) is 12.0. The fraction of sp³-hybridized carbons (Fsp3) is 0.167. The third-order valence-electron chi connectivity index (χ3n) is 3.46. The highest BCUT2D eigenvalue weighted by atomic mass is 16.7. The van der Waals surface area contributed by atoms with E-state index < -0.39 is 0 Å². The lowest BCUT2D eigenvalue weighted by Crippen LogP contribution is -2.01. The number of hydrogen-bond acceptors (Lipinski definition) is 4. The molecule has 0 amide bonds. The van der Waals surface area contributed by atoms with Crippen LogP contribution in [-0.2, 0) is 11.4 Å². The van der Waals surface area contributed by atoms with E-state index in [-0.39, 0.29) is 12.6 Å². The fourth-order valence-corrected chi connectivity index (χ4v) is 2.20. The number of carbonyl (C=O) groups excluding carboxylic acids is 1. The summed E-state index contributed by atoms with van der Waals surface area (Å²) in [7, 11) is 0. The molecule has 0 saturated heterocycles. The first-order chi connectivity index (χ1) is 10.6. The summed E-state index contributed by atoms with van der Waals surface area (Å²) in [6.07, 6.45) is 0. The molecule has 2 aromatic carbocycles. The number of allylic oxidation sites excluding steroid dienone is 1. The Bertz CT molecular complexity index is 719. The van der Waals surface area contributed by atoms with Crippen molar-refractivity contribution < 1.29 is 19.0 Å². The van der Waals surface area contributed by atoms with E-state index in [4.69, 9.17) is 14.2 Å². The third-order valence-corrected chi connectivity index (χ3v) is 3.46. The molecule has 2 aromatic rings. The van der Waals surface area contributed by atoms with Gasteiger partial charge in [-0.3, -0.25) is 4.79 Å². The first-order valence-corrected chi connectivity index (χ1v) is 6.96. The first kappa shape index (κ1) is 14.2. The Morgan fingerprint density at radius 1 is 1.18 bits per heavy atom. The molecule has 0 N–H and O–H groups in total. The van der Waals surface area contributed by atoms with Crippen molar-refractivity contribution in [2.45, 2.75) is 13.5 Å². The average molecular weight is 296 g/mol. The second-order valence-electron chi connectivity index (χ2n) is 5.01. The van der Waals surface area contributed by atoms with E-state index in [1.807, 2.05) is 30.3 Å². The lowest BCUT2D eigenvalue weighted by Gasteiger charge is -2.13. The zero-order chi connectivity index (χ0) is 15.5. The van der Waals surface area contributed by atoms with Crippen molar-refractivity contribution in [3.8, 4) is 17.2 Å². The summed E-state index contributed by atoms with van der Waals surface area (Å²) in [6, 6.07) is 13.3. The van der Waals surface area contributed by atoms with E-state index >= 15 is 0 Å². The van der Waals surface area contributed by atoms with Crippen molar-refractivity contribution >= 4 is 11.4 Å². The van der Waals surface area contributed by atoms with Gasteiger partial charge in [-0.05, 0) is 18.6 Å². The van der Waals surface area contributed by atoms with Crippen molar-refractivity contribution in [1.29, 1.82) is 0 Å². The van der Waals surface area contributed by atoms with E-state index in [0.29, 0.717) is 35.0 Å². The Hall–Kier alpha value is -2.75. The molecule has 1 aliphatic heterocycles. The van der Waals surface area contributed by atoms with Crippen molar-refractivity contribution in [1.82, 2.24) is 0 Å². The number of benzene rings is 2. The quantitative estimate of drug-likeness (QED) is 0.791. The number of Topliss-reactive ketones (excluding diaryl/α,β-unsaturated/α-hetero) is 1. The Labute approximate surface area is 128 Å². The predicted molar refractivity (Wildman–Crippen MR) is 83.1 cm³/mol. The number of ketones is 1. The van der Waals surface area contributed by atoms with Crippen LogP contribution in [0.4, 0.5) is 0 Å². The molecule has 4 nitrogen and oxygen atoms in total. The van der Waals surface area contributed by atoms with E-state index in [1.165, 1.54) is 6.92 Å². The lowest BCUT2D eigenvalue weighted by molar-refractivity contribution is -0.111. The number of rotatable bonds is 5. The molecule has 112 valence electrons. The van der Waals surface area contributed by atoms with Crippen molar-refractivity contribution in [2.75, 3.05) is 6.79 Å². The van der Waals surface area contributed by atoms with Crippen LogP contribution >= 0.6 is 0 Å². The van der Waals surface area contributed by atoms with Crippen LogP contribution < -0.4 is 14.2 Å². The van der Waals surface area contributed by atoms with Crippen LogP contribution in [0.15, 0.2) is 49.0 Å². The second kappa shape index (κ2) is 5.93. The van der Waals surface area contributed by atoms with Crippen molar-refractivity contribution in [3.63, 3.8) is 0 Å². The van der Waals surface area contributed by atoms with Crippen LogP contribution in [0.3, 0.4) is 0 Å². The van der Waals surface area contributed by atoms with E-state index in [0.717, 1.165) is 5.56 Å². The van der Waals surface area contributed by atoms with E-state index in [1.54, 1.807) is 12.1 Å². The third kappa shape index (κ3) is 2.81. The van der Waals surface area contributed by atoms with Crippen molar-refractivity contribution in [2.24, 2.45) is 0 Å². The summed E-state index contributed by atoms with van der Waals surface area (Å²) in [4.78, 5) is 11.6. The molecule has 0 saturated carbocycles. The standard InChI is InChI=1S/C18H16O4/c1-12(13(2)19)15-8-17-18(22-11-21-17)9-16(15)20-10-14-6-4-3-5-7-14/h3-9H,1,10-11H2,2H3. The Morgan fingerprint density at radius 3 is 2.55 bits per heavy atom. The molecule has 0 aromatic heterocycles. The summed E-state index contributed by atoms with van der Waals surface area (Å²) in [6.45, 7) is 5.89. The molecule has 0 fully saturated rings. The molecule has 0 unspecified atom stereocenters. The number of ether oxygens (including phenoxy) is 3. The minimum atomic E-state index is -0.108. The van der Waals surface area contributed by atoms with Crippen molar-refractivity contribution in [3.05, 3.63) is 60.2 Å². The van der Waals surface area contributed by atoms with Gasteiger partial charge in [0.1, 0.15) is 12.4 Å². The monoisotopic (exact) mass is 296 g/mol. The Kier molecular flexibility index (Phi) is 3.83. The van der Waals surface area contributed by atoms with Gasteiger partial charge in [-0.2, -0.15) is 0 Å². The Morgan fingerprint density at radius 2 is 1.86 bits per heavy atom. The van der Waals surface area contributed by atoms with Gasteiger partial charge in [0, 0.05) is 17.2 Å². The first-order valence-electron chi connectivity index (χ1n) is 6.96. The SMILES string of the molecule is C=C(C(C)=O)c1cc2c(cc1OCc1ccccc1)OCO2. The van der Waals surface area contributed by atoms with Crippen LogP contribution in [0.2, 0.25) is 0 Å². The van der Waals surface area contributed by atoms with Gasteiger partial charge < -0.3 is 14.2 Å². The highest BCUT2D eigenvalue weighted by Gasteiger charge is 2.20. The van der Waals surface area contributed by atoms with E-state index in [9.17, 15) is 4.79 Å². The zero-order valence-electron chi connectivity index (χ0n) is 12.3. The summed E-state index contributed by atoms with van der Waals surface area (Å²) >= 11 is 0. The minimum Gasteiger partial charge on any atom is -0.488 e. The maximum Gasteiger partial charge on any atom is 0.231 e. The van der Waals surface area contributed by atoms with Gasteiger partial charge in [0.15, 0.2) is 17.3 Å². The zero-order valence-corrected chi connectivity index (χ0v) is 12.3. The number of hydrogen-bond donors (Lipinski definition) is 0. The molecule has 1 heterocycles. The van der Waals surface area contributed by atoms with E-state index in [2.05, 4.69) is 6.58 Å². The molecular weight excluding hydrogens is 280 g/mol. The highest BCUT2D eigenvalue weighted by molar-refractivity contribution is 6.19. The summed E-state index contributed by atoms with van der Waals surface area (Å²) in [5.41, 5.74) is 2.06. The molecule has 22 heavy (non-hydrogen) atoms. The van der Waals surface area contributed by atoms with Gasteiger partial charge in [0.25, 0.3) is 0 Å². The van der Waals surface area contributed by atoms with Gasteiger partial charge in [0.05, 0.1) is 0 Å². The smallest absolute Gasteiger partial charge is 0.231 e. The number of carbonyl (C=O) groups is 1. The maximum atomic E-state index is 11.6. The van der Waals surface area contributed by atoms with Gasteiger partial charge >= 0.3 is 0 Å². The lowest BCUT2D eigenvalue weighted by atomic mass is 10.0. The van der Waals surface area contributed by atoms with Gasteiger partial charge in [0.2, 0.25) is 6.79 Å². The molecule has 0 aliphatic carbocycles. The van der Waals surface area contributed by atoms with Crippen LogP contribution in [0, 0.1) is 0 Å². The molecule has 3 rings (SSSR count). The minimum absolute atomic E-state index is 0.108. The molecule has 4 heteroatoms. The number of fused-ring (bicyclic) bond motifs is 1. The molecule has 0 atom stereocenters. The predicted octanol–water partition coefficient (Wildman–Crippen LogP) is 3.60. The second-order valence-corrected chi connectivity index (χ2v) is 5.01. The molecular formula is C18H16O4. The van der Waals surface area contributed by atoms with Crippen LogP contribution in [0.1, 0.15) is 18.1 Å². The summed E-state index contributed by atoms with van der Waals surface area (Å²) in [5, 5.41) is 0. The van der Waals surface area contributed by atoms with Crippen LogP contribution in [0.5, 0.6) is 17.2 Å². The van der Waals surface area contributed by atoms with Gasteiger partial charge in [-0.25, -0.2) is 0 Å². The molecule has 0 radical (unpaired) electrons. The highest BCUT2D eigenvalue weighted by Crippen LogP contribution is 2.40. The molecule has 0 spiro atoms. The average Bonchev–Trinajstić information content (AvgIpc) is 2.99. The molecule has 1 aliphatic rings. The fourth-order valence-electron chi connectivity index (χ4n) is 2.20. The summed E-state index contributed by atoms with van der Waals surface area (Å²) < 4.78 is 16.6. The topological polar surface area (TPSA) is 44.8 Å². The Balaban J connectivity index is 1.91. The van der Waals surface area contributed by atoms with Gasteiger partial charge in [-0.1, -0.05) is 36.9 Å². The van der Waals surface area contributed by atoms with Crippen LogP contribution in [-0.4, -0.2) is 12.6 Å². The van der Waals surface area contributed by atoms with Crippen LogP contribution in [0.25, 0.3) is 5.57 Å². The van der Waals surface area contributed by atoms with Gasteiger partial charge in [-0.15, -0.1) is 0 Å². The molecule has 0 bridgehead atoms. The largest absolute Gasteiger partial charge is 0.488 e.